The van der Waals surface area contributed by atoms with Crippen molar-refractivity contribution < 1.29 is 13.6 Å². The Kier molecular flexibility index (Phi) is 6.70. The third-order valence-corrected chi connectivity index (χ3v) is 7.13. The highest BCUT2D eigenvalue weighted by Crippen LogP contribution is 2.36. The molecule has 1 aliphatic heterocycles. The van der Waals surface area contributed by atoms with Gasteiger partial charge in [-0.15, -0.1) is 0 Å². The summed E-state index contributed by atoms with van der Waals surface area (Å²) in [5.74, 6) is -0.667. The quantitative estimate of drug-likeness (QED) is 0.527. The first-order valence-corrected chi connectivity index (χ1v) is 12.4. The Morgan fingerprint density at radius 1 is 1.08 bits per heavy atom. The number of fused-ring (bicyclic) bond motifs is 1. The molecule has 36 heavy (non-hydrogen) atoms. The monoisotopic (exact) mass is 496 g/mol. The van der Waals surface area contributed by atoms with Crippen LogP contribution in [0, 0.1) is 11.8 Å². The van der Waals surface area contributed by atoms with Gasteiger partial charge in [-0.3, -0.25) is 14.5 Å². The average molecular weight is 497 g/mol. The summed E-state index contributed by atoms with van der Waals surface area (Å²) in [7, 11) is 0. The van der Waals surface area contributed by atoms with Gasteiger partial charge in [0.15, 0.2) is 0 Å². The molecule has 1 amide bonds. The molecule has 1 saturated heterocycles. The van der Waals surface area contributed by atoms with Gasteiger partial charge in [0.1, 0.15) is 17.3 Å². The van der Waals surface area contributed by atoms with Crippen LogP contribution in [0.1, 0.15) is 55.3 Å². The van der Waals surface area contributed by atoms with Crippen LogP contribution in [0.4, 0.5) is 14.5 Å². The summed E-state index contributed by atoms with van der Waals surface area (Å²) in [5, 5.41) is 2.99. The average Bonchev–Trinajstić information content (AvgIpc) is 3.34. The Bertz CT molecular complexity index is 1340. The molecule has 8 nitrogen and oxygen atoms in total. The number of piperazine rings is 1. The largest absolute Gasteiger partial charge is 0.365 e. The lowest BCUT2D eigenvalue weighted by atomic mass is 10.1. The maximum atomic E-state index is 14.7. The van der Waals surface area contributed by atoms with Crippen molar-refractivity contribution in [1.29, 1.82) is 0 Å². The lowest BCUT2D eigenvalue weighted by Gasteiger charge is -2.39. The number of nitrogens with zero attached hydrogens (tertiary/aromatic N) is 4. The number of rotatable bonds is 5. The van der Waals surface area contributed by atoms with Gasteiger partial charge in [0, 0.05) is 44.2 Å². The van der Waals surface area contributed by atoms with Gasteiger partial charge in [0.25, 0.3) is 11.5 Å². The first-order valence-electron chi connectivity index (χ1n) is 12.4. The topological polar surface area (TPSA) is 94.2 Å². The molecule has 0 spiro atoms. The van der Waals surface area contributed by atoms with Crippen molar-refractivity contribution in [1.82, 2.24) is 25.2 Å². The highest BCUT2D eigenvalue weighted by molar-refractivity contribution is 5.92. The molecule has 1 aliphatic carbocycles. The molecule has 2 aromatic heterocycles. The minimum atomic E-state index is -0.632. The number of aromatic amines is 1. The summed E-state index contributed by atoms with van der Waals surface area (Å²) < 4.78 is 28.2. The third-order valence-electron chi connectivity index (χ3n) is 7.13. The van der Waals surface area contributed by atoms with Crippen molar-refractivity contribution in [3.05, 3.63) is 64.0 Å². The van der Waals surface area contributed by atoms with Gasteiger partial charge in [0.2, 0.25) is 5.95 Å². The second kappa shape index (κ2) is 9.93. The zero-order chi connectivity index (χ0) is 25.4. The molecule has 1 aromatic carbocycles. The summed E-state index contributed by atoms with van der Waals surface area (Å²) >= 11 is 0. The standard InChI is InChI=1S/C26H30F2N6O2/c1-15(2)29-26(36)21-7-8-22(23(28)30-21)34-11-9-33(10-12-34)18-5-3-16(13-18)24-31-20-6-4-17(27)14-19(20)25(35)32-24/h4,6-8,14-16,18H,3,5,9-13H2,1-2H3,(H,29,36)(H,31,32,35)/t16?,18-/m1/s1. The Hall–Kier alpha value is -3.40. The summed E-state index contributed by atoms with van der Waals surface area (Å²) in [6, 6.07) is 7.59. The van der Waals surface area contributed by atoms with Crippen molar-refractivity contribution in [3.63, 3.8) is 0 Å². The van der Waals surface area contributed by atoms with E-state index in [1.807, 2.05) is 18.7 Å². The number of hydrogen-bond acceptors (Lipinski definition) is 6. The Morgan fingerprint density at radius 3 is 2.58 bits per heavy atom. The number of nitrogens with one attached hydrogen (secondary N) is 2. The SMILES string of the molecule is CC(C)NC(=O)c1ccc(N2CCN([C@@H]3CCC(c4nc5ccc(F)cc5c(=O)[nH]4)C3)CC2)c(F)n1. The molecule has 3 aromatic rings. The minimum absolute atomic E-state index is 0.0489. The van der Waals surface area contributed by atoms with Gasteiger partial charge in [-0.2, -0.15) is 4.39 Å². The molecule has 2 N–H and O–H groups in total. The molecule has 0 bridgehead atoms. The van der Waals surface area contributed by atoms with E-state index in [1.54, 1.807) is 18.2 Å². The molecule has 0 radical (unpaired) electrons. The minimum Gasteiger partial charge on any atom is -0.365 e. The molecule has 2 aliphatic rings. The highest BCUT2D eigenvalue weighted by Gasteiger charge is 2.33. The van der Waals surface area contributed by atoms with Crippen LogP contribution >= 0.6 is 0 Å². The maximum Gasteiger partial charge on any atom is 0.270 e. The van der Waals surface area contributed by atoms with Gasteiger partial charge >= 0.3 is 0 Å². The predicted molar refractivity (Wildman–Crippen MR) is 133 cm³/mol. The number of amides is 1. The molecule has 2 atom stereocenters. The van der Waals surface area contributed by atoms with E-state index >= 15 is 0 Å². The fourth-order valence-electron chi connectivity index (χ4n) is 5.31. The number of carbonyl (C=O) groups is 1. The van der Waals surface area contributed by atoms with E-state index in [0.717, 1.165) is 32.4 Å². The van der Waals surface area contributed by atoms with E-state index in [2.05, 4.69) is 25.2 Å². The molecule has 3 heterocycles. The molecule has 1 unspecified atom stereocenters. The van der Waals surface area contributed by atoms with Crippen molar-refractivity contribution in [2.45, 2.75) is 51.1 Å². The number of benzene rings is 1. The van der Waals surface area contributed by atoms with Crippen molar-refractivity contribution >= 4 is 22.5 Å². The van der Waals surface area contributed by atoms with Gasteiger partial charge in [0.05, 0.1) is 16.6 Å². The predicted octanol–water partition coefficient (Wildman–Crippen LogP) is 3.19. The first-order chi connectivity index (χ1) is 17.3. The Balaban J connectivity index is 1.20. The van der Waals surface area contributed by atoms with Crippen LogP contribution in [0.3, 0.4) is 0 Å². The number of pyridine rings is 1. The fraction of sp³-hybridized carbons (Fsp3) is 0.462. The van der Waals surface area contributed by atoms with Crippen LogP contribution in [-0.2, 0) is 0 Å². The number of aromatic nitrogens is 3. The van der Waals surface area contributed by atoms with E-state index in [4.69, 9.17) is 0 Å². The third kappa shape index (κ3) is 4.95. The van der Waals surface area contributed by atoms with Crippen molar-refractivity contribution in [2.75, 3.05) is 31.1 Å². The van der Waals surface area contributed by atoms with Crippen molar-refractivity contribution in [2.24, 2.45) is 0 Å². The summed E-state index contributed by atoms with van der Waals surface area (Å²) in [6.45, 7) is 6.58. The van der Waals surface area contributed by atoms with Crippen LogP contribution in [0.15, 0.2) is 35.1 Å². The van der Waals surface area contributed by atoms with E-state index in [-0.39, 0.29) is 34.5 Å². The number of anilines is 1. The van der Waals surface area contributed by atoms with Crippen molar-refractivity contribution in [3.8, 4) is 0 Å². The van der Waals surface area contributed by atoms with Crippen LogP contribution in [0.2, 0.25) is 0 Å². The summed E-state index contributed by atoms with van der Waals surface area (Å²) in [5.41, 5.74) is 0.686. The van der Waals surface area contributed by atoms with Gasteiger partial charge < -0.3 is 15.2 Å². The van der Waals surface area contributed by atoms with Crippen LogP contribution < -0.4 is 15.8 Å². The second-order valence-corrected chi connectivity index (χ2v) is 9.93. The molecule has 190 valence electrons. The lowest BCUT2D eigenvalue weighted by molar-refractivity contribution is 0.0937. The molecular formula is C26H30F2N6O2. The van der Waals surface area contributed by atoms with E-state index < -0.39 is 11.8 Å². The molecular weight excluding hydrogens is 466 g/mol. The lowest BCUT2D eigenvalue weighted by Crippen LogP contribution is -2.50. The zero-order valence-electron chi connectivity index (χ0n) is 20.4. The molecule has 5 rings (SSSR count). The Morgan fingerprint density at radius 2 is 1.86 bits per heavy atom. The van der Waals surface area contributed by atoms with Crippen LogP contribution in [-0.4, -0.2) is 64.0 Å². The fourth-order valence-corrected chi connectivity index (χ4v) is 5.31. The molecule has 1 saturated carbocycles. The van der Waals surface area contributed by atoms with E-state index in [1.165, 1.54) is 12.1 Å². The normalized spacial score (nSPS) is 20.9. The number of H-pyrrole nitrogens is 1. The first kappa shape index (κ1) is 24.3. The maximum absolute atomic E-state index is 14.7. The van der Waals surface area contributed by atoms with Crippen LogP contribution in [0.5, 0.6) is 0 Å². The smallest absolute Gasteiger partial charge is 0.270 e. The Labute approximate surface area is 207 Å². The summed E-state index contributed by atoms with van der Waals surface area (Å²) in [6.07, 6.45) is 2.79. The van der Waals surface area contributed by atoms with E-state index in [0.29, 0.717) is 36.2 Å². The molecule has 10 heteroatoms. The zero-order valence-corrected chi connectivity index (χ0v) is 20.4. The summed E-state index contributed by atoms with van der Waals surface area (Å²) in [4.78, 5) is 40.3. The van der Waals surface area contributed by atoms with Crippen LogP contribution in [0.25, 0.3) is 10.9 Å². The van der Waals surface area contributed by atoms with E-state index in [9.17, 15) is 18.4 Å². The van der Waals surface area contributed by atoms with Gasteiger partial charge in [-0.1, -0.05) is 0 Å². The molecule has 2 fully saturated rings. The number of halogens is 2. The van der Waals surface area contributed by atoms with Gasteiger partial charge in [-0.25, -0.2) is 14.4 Å². The number of carbonyl (C=O) groups excluding carboxylic acids is 1. The second-order valence-electron chi connectivity index (χ2n) is 9.93. The van der Waals surface area contributed by atoms with Gasteiger partial charge in [-0.05, 0) is 63.4 Å². The highest BCUT2D eigenvalue weighted by atomic mass is 19.1. The number of hydrogen-bond donors (Lipinski definition) is 2.